The maximum Gasteiger partial charge on any atom is 0.269 e. The van der Waals surface area contributed by atoms with Gasteiger partial charge in [0.15, 0.2) is 5.16 Å². The summed E-state index contributed by atoms with van der Waals surface area (Å²) >= 11 is 1.26. The standard InChI is InChI=1S/C17H12N4O2S/c1-20-16-5-3-2-4-15(16)19-17(20)24-14(11-18)10-12-6-8-13(9-7-12)21(22)23/h2-10H,1H3. The van der Waals surface area contributed by atoms with E-state index >= 15 is 0 Å². The first-order valence-corrected chi connectivity index (χ1v) is 7.85. The number of rotatable bonds is 4. The van der Waals surface area contributed by atoms with Gasteiger partial charge in [-0.3, -0.25) is 10.1 Å². The Kier molecular flexibility index (Phi) is 4.31. The van der Waals surface area contributed by atoms with Gasteiger partial charge in [-0.25, -0.2) is 4.98 Å². The molecule has 3 aromatic rings. The van der Waals surface area contributed by atoms with Crippen molar-refractivity contribution in [3.8, 4) is 6.07 Å². The molecule has 7 heteroatoms. The number of nitro benzene ring substituents is 1. The van der Waals surface area contributed by atoms with Crippen molar-refractivity contribution in [1.82, 2.24) is 9.55 Å². The zero-order chi connectivity index (χ0) is 17.1. The summed E-state index contributed by atoms with van der Waals surface area (Å²) < 4.78 is 1.93. The molecule has 0 saturated carbocycles. The van der Waals surface area contributed by atoms with E-state index in [1.165, 1.54) is 23.9 Å². The Labute approximate surface area is 142 Å². The molecular weight excluding hydrogens is 324 g/mol. The number of para-hydroxylation sites is 2. The summed E-state index contributed by atoms with van der Waals surface area (Å²) in [6, 6.07) is 16.0. The Bertz CT molecular complexity index is 984. The van der Waals surface area contributed by atoms with Crippen LogP contribution in [0.15, 0.2) is 58.6 Å². The van der Waals surface area contributed by atoms with Crippen LogP contribution < -0.4 is 0 Å². The predicted molar refractivity (Wildman–Crippen MR) is 93.3 cm³/mol. The molecule has 0 radical (unpaired) electrons. The SMILES string of the molecule is Cn1c(SC(C#N)=Cc2ccc([N+](=O)[O-])cc2)nc2ccccc21. The van der Waals surface area contributed by atoms with Crippen molar-refractivity contribution < 1.29 is 4.92 Å². The molecule has 2 aromatic carbocycles. The third-order valence-electron chi connectivity index (χ3n) is 3.46. The van der Waals surface area contributed by atoms with E-state index in [-0.39, 0.29) is 5.69 Å². The minimum Gasteiger partial charge on any atom is -0.322 e. The number of hydrogen-bond donors (Lipinski definition) is 0. The molecule has 0 aliphatic carbocycles. The maximum atomic E-state index is 10.7. The van der Waals surface area contributed by atoms with E-state index in [9.17, 15) is 15.4 Å². The van der Waals surface area contributed by atoms with Crippen molar-refractivity contribution in [1.29, 1.82) is 5.26 Å². The molecule has 0 aliphatic rings. The molecule has 0 unspecified atom stereocenters. The molecule has 1 aromatic heterocycles. The average Bonchev–Trinajstić information content (AvgIpc) is 2.91. The lowest BCUT2D eigenvalue weighted by Gasteiger charge is -2.01. The van der Waals surface area contributed by atoms with E-state index in [1.807, 2.05) is 35.9 Å². The van der Waals surface area contributed by atoms with Gasteiger partial charge in [0.2, 0.25) is 0 Å². The first kappa shape index (κ1) is 15.8. The number of nitrogens with zero attached hydrogens (tertiary/aromatic N) is 4. The summed E-state index contributed by atoms with van der Waals surface area (Å²) in [6.07, 6.45) is 1.69. The van der Waals surface area contributed by atoms with E-state index in [2.05, 4.69) is 11.1 Å². The van der Waals surface area contributed by atoms with Gasteiger partial charge in [0, 0.05) is 19.2 Å². The highest BCUT2D eigenvalue weighted by Crippen LogP contribution is 2.29. The van der Waals surface area contributed by atoms with Crippen LogP contribution >= 0.6 is 11.8 Å². The lowest BCUT2D eigenvalue weighted by atomic mass is 10.2. The van der Waals surface area contributed by atoms with Crippen molar-refractivity contribution >= 4 is 34.6 Å². The second-order valence-electron chi connectivity index (χ2n) is 5.01. The Morgan fingerprint density at radius 2 is 2.00 bits per heavy atom. The summed E-state index contributed by atoms with van der Waals surface area (Å²) in [4.78, 5) is 15.2. The van der Waals surface area contributed by atoms with Crippen LogP contribution in [0.25, 0.3) is 17.1 Å². The molecule has 1 heterocycles. The van der Waals surface area contributed by atoms with Gasteiger partial charge < -0.3 is 4.57 Å². The normalized spacial score (nSPS) is 11.4. The van der Waals surface area contributed by atoms with Crippen molar-refractivity contribution in [2.24, 2.45) is 7.05 Å². The first-order valence-electron chi connectivity index (χ1n) is 7.04. The van der Waals surface area contributed by atoms with Crippen molar-refractivity contribution in [3.05, 3.63) is 69.1 Å². The topological polar surface area (TPSA) is 84.8 Å². The van der Waals surface area contributed by atoms with Crippen LogP contribution in [-0.4, -0.2) is 14.5 Å². The van der Waals surface area contributed by atoms with Crippen LogP contribution in [0.3, 0.4) is 0 Å². The van der Waals surface area contributed by atoms with E-state index in [0.717, 1.165) is 16.6 Å². The number of thioether (sulfide) groups is 1. The maximum absolute atomic E-state index is 10.7. The molecule has 0 amide bonds. The second kappa shape index (κ2) is 6.56. The number of nitriles is 1. The Hall–Kier alpha value is -3.11. The predicted octanol–water partition coefficient (Wildman–Crippen LogP) is 4.14. The molecule has 118 valence electrons. The smallest absolute Gasteiger partial charge is 0.269 e. The molecule has 0 atom stereocenters. The lowest BCUT2D eigenvalue weighted by Crippen LogP contribution is -1.90. The monoisotopic (exact) mass is 336 g/mol. The van der Waals surface area contributed by atoms with E-state index in [4.69, 9.17) is 0 Å². The molecule has 6 nitrogen and oxygen atoms in total. The van der Waals surface area contributed by atoms with E-state index in [1.54, 1.807) is 18.2 Å². The minimum absolute atomic E-state index is 0.0219. The second-order valence-corrected chi connectivity index (χ2v) is 6.02. The fourth-order valence-corrected chi connectivity index (χ4v) is 3.06. The number of hydrogen-bond acceptors (Lipinski definition) is 5. The number of imidazole rings is 1. The van der Waals surface area contributed by atoms with Gasteiger partial charge in [-0.15, -0.1) is 0 Å². The van der Waals surface area contributed by atoms with Crippen molar-refractivity contribution in [3.63, 3.8) is 0 Å². The highest BCUT2D eigenvalue weighted by atomic mass is 32.2. The molecule has 0 bridgehead atoms. The molecule has 0 aliphatic heterocycles. The van der Waals surface area contributed by atoms with Crippen LogP contribution in [-0.2, 0) is 7.05 Å². The quantitative estimate of drug-likeness (QED) is 0.309. The first-order chi connectivity index (χ1) is 11.6. The van der Waals surface area contributed by atoms with Gasteiger partial charge in [-0.1, -0.05) is 12.1 Å². The van der Waals surface area contributed by atoms with Crippen LogP contribution in [0.4, 0.5) is 5.69 Å². The molecule has 0 fully saturated rings. The highest BCUT2D eigenvalue weighted by molar-refractivity contribution is 8.03. The lowest BCUT2D eigenvalue weighted by molar-refractivity contribution is -0.384. The average molecular weight is 336 g/mol. The van der Waals surface area contributed by atoms with E-state index in [0.29, 0.717) is 10.1 Å². The Morgan fingerprint density at radius 3 is 2.62 bits per heavy atom. The number of fused-ring (bicyclic) bond motifs is 1. The summed E-state index contributed by atoms with van der Waals surface area (Å²) in [5.74, 6) is 0. The Balaban J connectivity index is 1.89. The number of aryl methyl sites for hydroxylation is 1. The minimum atomic E-state index is -0.451. The van der Waals surface area contributed by atoms with Crippen LogP contribution in [0.1, 0.15) is 5.56 Å². The number of benzene rings is 2. The van der Waals surface area contributed by atoms with Gasteiger partial charge in [-0.2, -0.15) is 5.26 Å². The summed E-state index contributed by atoms with van der Waals surface area (Å²) in [5.41, 5.74) is 2.61. The molecule has 3 rings (SSSR count). The zero-order valence-corrected chi connectivity index (χ0v) is 13.5. The van der Waals surface area contributed by atoms with Gasteiger partial charge in [-0.05, 0) is 47.7 Å². The van der Waals surface area contributed by atoms with Crippen LogP contribution in [0.2, 0.25) is 0 Å². The molecule has 24 heavy (non-hydrogen) atoms. The van der Waals surface area contributed by atoms with Crippen molar-refractivity contribution in [2.45, 2.75) is 5.16 Å². The highest BCUT2D eigenvalue weighted by Gasteiger charge is 2.10. The zero-order valence-electron chi connectivity index (χ0n) is 12.7. The Morgan fingerprint density at radius 1 is 1.29 bits per heavy atom. The number of nitro groups is 1. The van der Waals surface area contributed by atoms with Crippen molar-refractivity contribution in [2.75, 3.05) is 0 Å². The molecular formula is C17H12N4O2S. The molecule has 0 N–H and O–H groups in total. The van der Waals surface area contributed by atoms with E-state index < -0.39 is 4.92 Å². The summed E-state index contributed by atoms with van der Waals surface area (Å²) in [5, 5.41) is 20.8. The fraction of sp³-hybridized carbons (Fsp3) is 0.0588. The third kappa shape index (κ3) is 3.14. The van der Waals surface area contributed by atoms with Gasteiger partial charge in [0.25, 0.3) is 5.69 Å². The number of non-ortho nitro benzene ring substituents is 1. The van der Waals surface area contributed by atoms with Gasteiger partial charge >= 0.3 is 0 Å². The molecule has 0 saturated heterocycles. The van der Waals surface area contributed by atoms with Crippen LogP contribution in [0.5, 0.6) is 0 Å². The largest absolute Gasteiger partial charge is 0.322 e. The summed E-state index contributed by atoms with van der Waals surface area (Å²) in [7, 11) is 1.90. The number of allylic oxidation sites excluding steroid dienone is 1. The van der Waals surface area contributed by atoms with Crippen LogP contribution in [0, 0.1) is 21.4 Å². The third-order valence-corrected chi connectivity index (χ3v) is 4.44. The number of aromatic nitrogens is 2. The summed E-state index contributed by atoms with van der Waals surface area (Å²) in [6.45, 7) is 0. The van der Waals surface area contributed by atoms with Gasteiger partial charge in [0.05, 0.1) is 20.9 Å². The fourth-order valence-electron chi connectivity index (χ4n) is 2.24. The van der Waals surface area contributed by atoms with Gasteiger partial charge in [0.1, 0.15) is 6.07 Å². The molecule has 0 spiro atoms.